The van der Waals surface area contributed by atoms with E-state index in [1.165, 1.54) is 36.5 Å². The lowest BCUT2D eigenvalue weighted by molar-refractivity contribution is -0.384. The van der Waals surface area contributed by atoms with Gasteiger partial charge in [-0.15, -0.1) is 0 Å². The van der Waals surface area contributed by atoms with Crippen molar-refractivity contribution in [2.75, 3.05) is 0 Å². The third kappa shape index (κ3) is 2.21. The van der Waals surface area contributed by atoms with Crippen molar-refractivity contribution in [3.05, 3.63) is 68.6 Å². The van der Waals surface area contributed by atoms with Crippen molar-refractivity contribution in [2.45, 2.75) is 0 Å². The Morgan fingerprint density at radius 1 is 1.21 bits per heavy atom. The Morgan fingerprint density at radius 2 is 1.89 bits per heavy atom. The van der Waals surface area contributed by atoms with Crippen LogP contribution in [0.1, 0.15) is 10.4 Å². The third-order valence-corrected chi connectivity index (χ3v) is 2.52. The highest BCUT2D eigenvalue weighted by atomic mass is 16.6. The summed E-state index contributed by atoms with van der Waals surface area (Å²) in [6.07, 6.45) is 1.29. The zero-order valence-electron chi connectivity index (χ0n) is 9.52. The Labute approximate surface area is 106 Å². The highest BCUT2D eigenvalue weighted by Gasteiger charge is 2.17. The summed E-state index contributed by atoms with van der Waals surface area (Å²) in [5.74, 6) is -1.38. The summed E-state index contributed by atoms with van der Waals surface area (Å²) in [7, 11) is 0. The van der Waals surface area contributed by atoms with Crippen LogP contribution in [0.5, 0.6) is 0 Å². The van der Waals surface area contributed by atoms with Gasteiger partial charge in [-0.05, 0) is 18.2 Å². The summed E-state index contributed by atoms with van der Waals surface area (Å²) in [6.45, 7) is 0. The Bertz CT molecular complexity index is 720. The molecule has 0 fully saturated rings. The van der Waals surface area contributed by atoms with E-state index in [4.69, 9.17) is 5.11 Å². The number of nitro benzene ring substituents is 1. The summed E-state index contributed by atoms with van der Waals surface area (Å²) < 4.78 is 0.946. The van der Waals surface area contributed by atoms with Crippen LogP contribution in [0, 0.1) is 10.1 Å². The smallest absolute Gasteiger partial charge is 0.341 e. The maximum atomic E-state index is 11.9. The van der Waals surface area contributed by atoms with Crippen molar-refractivity contribution >= 4 is 11.7 Å². The second kappa shape index (κ2) is 4.73. The molecule has 0 amide bonds. The normalized spacial score (nSPS) is 10.1. The van der Waals surface area contributed by atoms with Crippen molar-refractivity contribution in [2.24, 2.45) is 0 Å². The van der Waals surface area contributed by atoms with Crippen molar-refractivity contribution < 1.29 is 14.8 Å². The van der Waals surface area contributed by atoms with Crippen molar-refractivity contribution in [3.8, 4) is 5.69 Å². The predicted molar refractivity (Wildman–Crippen MR) is 65.7 cm³/mol. The average Bonchev–Trinajstić information content (AvgIpc) is 2.38. The lowest BCUT2D eigenvalue weighted by Gasteiger charge is -2.06. The molecule has 2 rings (SSSR count). The molecule has 0 aliphatic carbocycles. The molecule has 0 bridgehead atoms. The number of para-hydroxylation sites is 2. The molecule has 7 heteroatoms. The summed E-state index contributed by atoms with van der Waals surface area (Å²) in [5.41, 5.74) is -1.50. The number of hydrogen-bond donors (Lipinski definition) is 1. The summed E-state index contributed by atoms with van der Waals surface area (Å²) in [6, 6.07) is 8.12. The molecule has 96 valence electrons. The Kier molecular flexibility index (Phi) is 3.11. The molecule has 0 unspecified atom stereocenters. The first-order chi connectivity index (χ1) is 9.02. The van der Waals surface area contributed by atoms with Crippen LogP contribution in [-0.2, 0) is 0 Å². The fourth-order valence-electron chi connectivity index (χ4n) is 1.67. The number of rotatable bonds is 3. The number of pyridine rings is 1. The minimum atomic E-state index is -1.38. The third-order valence-electron chi connectivity index (χ3n) is 2.52. The molecule has 19 heavy (non-hydrogen) atoms. The Balaban J connectivity index is 2.74. The first-order valence-corrected chi connectivity index (χ1v) is 5.21. The zero-order chi connectivity index (χ0) is 14.0. The van der Waals surface area contributed by atoms with Gasteiger partial charge in [-0.1, -0.05) is 12.1 Å². The number of carboxylic acids is 1. The number of nitrogens with zero attached hydrogens (tertiary/aromatic N) is 2. The van der Waals surface area contributed by atoms with Crippen molar-refractivity contribution in [1.82, 2.24) is 4.57 Å². The molecule has 0 atom stereocenters. The topological polar surface area (TPSA) is 102 Å². The van der Waals surface area contributed by atoms with Crippen LogP contribution in [0.25, 0.3) is 5.69 Å². The first-order valence-electron chi connectivity index (χ1n) is 5.21. The standard InChI is InChI=1S/C12H8N2O5/c15-11-8(12(16)17)4-3-7-13(11)9-5-1-2-6-10(9)14(18)19/h1-7H,(H,16,17). The highest BCUT2D eigenvalue weighted by molar-refractivity contribution is 5.87. The molecule has 0 saturated carbocycles. The Morgan fingerprint density at radius 3 is 2.53 bits per heavy atom. The molecule has 1 heterocycles. The SMILES string of the molecule is O=C(O)c1cccn(-c2ccccc2[N+](=O)[O-])c1=O. The maximum Gasteiger partial charge on any atom is 0.341 e. The summed E-state index contributed by atoms with van der Waals surface area (Å²) in [4.78, 5) is 33.1. The van der Waals surface area contributed by atoms with Crippen LogP contribution in [0.15, 0.2) is 47.4 Å². The number of benzene rings is 1. The van der Waals surface area contributed by atoms with Crippen LogP contribution in [0.2, 0.25) is 0 Å². The van der Waals surface area contributed by atoms with Gasteiger partial charge in [0.05, 0.1) is 4.92 Å². The van der Waals surface area contributed by atoms with Gasteiger partial charge in [-0.3, -0.25) is 19.5 Å². The monoisotopic (exact) mass is 260 g/mol. The molecular formula is C12H8N2O5. The van der Waals surface area contributed by atoms with E-state index in [9.17, 15) is 19.7 Å². The molecular weight excluding hydrogens is 252 g/mol. The van der Waals surface area contributed by atoms with E-state index in [0.29, 0.717) is 0 Å². The van der Waals surface area contributed by atoms with E-state index in [1.54, 1.807) is 0 Å². The van der Waals surface area contributed by atoms with Gasteiger partial charge in [0.2, 0.25) is 0 Å². The van der Waals surface area contributed by atoms with Crippen LogP contribution in [0.4, 0.5) is 5.69 Å². The average molecular weight is 260 g/mol. The minimum absolute atomic E-state index is 0.0283. The molecule has 0 aliphatic heterocycles. The van der Waals surface area contributed by atoms with E-state index < -0.39 is 22.0 Å². The van der Waals surface area contributed by atoms with E-state index in [1.807, 2.05) is 0 Å². The molecule has 1 N–H and O–H groups in total. The quantitative estimate of drug-likeness (QED) is 0.664. The van der Waals surface area contributed by atoms with Crippen molar-refractivity contribution in [3.63, 3.8) is 0 Å². The number of aromatic nitrogens is 1. The fraction of sp³-hybridized carbons (Fsp3) is 0. The Hall–Kier alpha value is -2.96. The fourth-order valence-corrected chi connectivity index (χ4v) is 1.67. The molecule has 0 radical (unpaired) electrons. The number of hydrogen-bond acceptors (Lipinski definition) is 4. The van der Waals surface area contributed by atoms with Crippen molar-refractivity contribution in [1.29, 1.82) is 0 Å². The highest BCUT2D eigenvalue weighted by Crippen LogP contribution is 2.20. The van der Waals surface area contributed by atoms with Gasteiger partial charge < -0.3 is 5.11 Å². The van der Waals surface area contributed by atoms with E-state index in [2.05, 4.69) is 0 Å². The second-order valence-electron chi connectivity index (χ2n) is 3.65. The van der Waals surface area contributed by atoms with Gasteiger partial charge in [0.15, 0.2) is 0 Å². The van der Waals surface area contributed by atoms with Crippen LogP contribution >= 0.6 is 0 Å². The van der Waals surface area contributed by atoms with Gasteiger partial charge in [-0.25, -0.2) is 4.79 Å². The summed E-state index contributed by atoms with van der Waals surface area (Å²) in [5, 5.41) is 19.8. The van der Waals surface area contributed by atoms with Crippen LogP contribution < -0.4 is 5.56 Å². The zero-order valence-corrected chi connectivity index (χ0v) is 9.52. The van der Waals surface area contributed by atoms with Gasteiger partial charge in [0.25, 0.3) is 11.2 Å². The minimum Gasteiger partial charge on any atom is -0.477 e. The molecule has 1 aromatic carbocycles. The van der Waals surface area contributed by atoms with Crippen LogP contribution in [-0.4, -0.2) is 20.6 Å². The largest absolute Gasteiger partial charge is 0.477 e. The number of nitro groups is 1. The molecule has 0 spiro atoms. The molecule has 7 nitrogen and oxygen atoms in total. The van der Waals surface area contributed by atoms with Gasteiger partial charge >= 0.3 is 5.97 Å². The first kappa shape index (κ1) is 12.5. The van der Waals surface area contributed by atoms with E-state index >= 15 is 0 Å². The van der Waals surface area contributed by atoms with E-state index in [-0.39, 0.29) is 11.4 Å². The molecule has 2 aromatic rings. The molecule has 1 aromatic heterocycles. The lowest BCUT2D eigenvalue weighted by Crippen LogP contribution is -2.24. The molecule has 0 aliphatic rings. The van der Waals surface area contributed by atoms with Crippen LogP contribution in [0.3, 0.4) is 0 Å². The van der Waals surface area contributed by atoms with Gasteiger partial charge in [-0.2, -0.15) is 0 Å². The lowest BCUT2D eigenvalue weighted by atomic mass is 10.2. The van der Waals surface area contributed by atoms with E-state index in [0.717, 1.165) is 10.6 Å². The number of aromatic carboxylic acids is 1. The number of carbonyl (C=O) groups is 1. The molecule has 0 saturated heterocycles. The predicted octanol–water partition coefficient (Wildman–Crippen LogP) is 1.44. The second-order valence-corrected chi connectivity index (χ2v) is 3.65. The summed E-state index contributed by atoms with van der Waals surface area (Å²) >= 11 is 0. The van der Waals surface area contributed by atoms with Gasteiger partial charge in [0.1, 0.15) is 11.3 Å². The van der Waals surface area contributed by atoms with Gasteiger partial charge in [0, 0.05) is 12.3 Å². The maximum absolute atomic E-state index is 11.9. The number of carboxylic acid groups (broad SMARTS) is 1.